The number of hydrogen-bond acceptors (Lipinski definition) is 2. The highest BCUT2D eigenvalue weighted by Crippen LogP contribution is 2.17. The standard InChI is InChI=1S/C11H20F3N3O/c1-8(2)17-4-3-9(6-17)5-15-10(18)16-7-11(12,13)14/h8-9H,3-7H2,1-2H3,(H2,15,16,18). The summed E-state index contributed by atoms with van der Waals surface area (Å²) in [4.78, 5) is 13.4. The second kappa shape index (κ2) is 6.26. The van der Waals surface area contributed by atoms with E-state index in [2.05, 4.69) is 24.1 Å². The van der Waals surface area contributed by atoms with Crippen molar-refractivity contribution >= 4 is 6.03 Å². The van der Waals surface area contributed by atoms with Crippen molar-refractivity contribution in [2.45, 2.75) is 32.5 Å². The lowest BCUT2D eigenvalue weighted by Gasteiger charge is -2.20. The van der Waals surface area contributed by atoms with Crippen molar-refractivity contribution in [3.8, 4) is 0 Å². The minimum atomic E-state index is -4.36. The van der Waals surface area contributed by atoms with E-state index < -0.39 is 18.8 Å². The first-order valence-corrected chi connectivity index (χ1v) is 6.10. The van der Waals surface area contributed by atoms with Gasteiger partial charge < -0.3 is 15.5 Å². The van der Waals surface area contributed by atoms with E-state index >= 15 is 0 Å². The third kappa shape index (κ3) is 5.57. The van der Waals surface area contributed by atoms with E-state index in [4.69, 9.17) is 0 Å². The second-order valence-electron chi connectivity index (χ2n) is 4.92. The van der Waals surface area contributed by atoms with E-state index in [9.17, 15) is 18.0 Å². The Bertz CT molecular complexity index is 281. The number of alkyl halides is 3. The molecule has 0 saturated carbocycles. The minimum absolute atomic E-state index is 0.323. The zero-order valence-corrected chi connectivity index (χ0v) is 10.7. The van der Waals surface area contributed by atoms with Crippen LogP contribution in [0.4, 0.5) is 18.0 Å². The molecule has 4 nitrogen and oxygen atoms in total. The molecule has 106 valence electrons. The van der Waals surface area contributed by atoms with Crippen LogP contribution >= 0.6 is 0 Å². The van der Waals surface area contributed by atoms with Crippen molar-refractivity contribution in [2.24, 2.45) is 5.92 Å². The molecule has 1 atom stereocenters. The molecule has 18 heavy (non-hydrogen) atoms. The van der Waals surface area contributed by atoms with E-state index in [1.165, 1.54) is 0 Å². The van der Waals surface area contributed by atoms with Crippen molar-refractivity contribution in [2.75, 3.05) is 26.2 Å². The average Bonchev–Trinajstić information content (AvgIpc) is 2.71. The van der Waals surface area contributed by atoms with E-state index in [-0.39, 0.29) is 0 Å². The van der Waals surface area contributed by atoms with Crippen LogP contribution in [0.5, 0.6) is 0 Å². The van der Waals surface area contributed by atoms with Crippen molar-refractivity contribution < 1.29 is 18.0 Å². The smallest absolute Gasteiger partial charge is 0.338 e. The summed E-state index contributed by atoms with van der Waals surface area (Å²) in [6.07, 6.45) is -3.39. The van der Waals surface area contributed by atoms with Crippen LogP contribution in [0.2, 0.25) is 0 Å². The summed E-state index contributed by atoms with van der Waals surface area (Å²) in [5, 5.41) is 4.27. The molecule has 1 saturated heterocycles. The first-order valence-electron chi connectivity index (χ1n) is 6.10. The summed E-state index contributed by atoms with van der Waals surface area (Å²) in [7, 11) is 0. The summed E-state index contributed by atoms with van der Waals surface area (Å²) >= 11 is 0. The first kappa shape index (κ1) is 15.1. The number of nitrogens with zero attached hydrogens (tertiary/aromatic N) is 1. The van der Waals surface area contributed by atoms with Crippen molar-refractivity contribution in [3.63, 3.8) is 0 Å². The Hall–Kier alpha value is -0.980. The molecule has 7 heteroatoms. The Morgan fingerprint density at radius 3 is 2.56 bits per heavy atom. The second-order valence-corrected chi connectivity index (χ2v) is 4.92. The Morgan fingerprint density at radius 2 is 2.06 bits per heavy atom. The van der Waals surface area contributed by atoms with Gasteiger partial charge in [-0.3, -0.25) is 0 Å². The summed E-state index contributed by atoms with van der Waals surface area (Å²) in [6, 6.07) is -0.288. The zero-order chi connectivity index (χ0) is 13.8. The summed E-state index contributed by atoms with van der Waals surface area (Å²) < 4.78 is 35.5. The number of nitrogens with one attached hydrogen (secondary N) is 2. The van der Waals surface area contributed by atoms with Gasteiger partial charge in [0.15, 0.2) is 0 Å². The van der Waals surface area contributed by atoms with Gasteiger partial charge in [-0.05, 0) is 32.7 Å². The van der Waals surface area contributed by atoms with Gasteiger partial charge in [0.05, 0.1) is 0 Å². The number of hydrogen-bond donors (Lipinski definition) is 2. The number of carbonyl (C=O) groups excluding carboxylic acids is 1. The lowest BCUT2D eigenvalue weighted by atomic mass is 10.1. The van der Waals surface area contributed by atoms with Crippen LogP contribution in [0.1, 0.15) is 20.3 Å². The van der Waals surface area contributed by atoms with Gasteiger partial charge in [0, 0.05) is 19.1 Å². The SMILES string of the molecule is CC(C)N1CCC(CNC(=O)NCC(F)(F)F)C1. The van der Waals surface area contributed by atoms with Crippen LogP contribution in [0.25, 0.3) is 0 Å². The van der Waals surface area contributed by atoms with Crippen LogP contribution < -0.4 is 10.6 Å². The number of rotatable bonds is 4. The van der Waals surface area contributed by atoms with Gasteiger partial charge in [0.25, 0.3) is 0 Å². The number of carbonyl (C=O) groups is 1. The monoisotopic (exact) mass is 267 g/mol. The van der Waals surface area contributed by atoms with Crippen molar-refractivity contribution in [1.82, 2.24) is 15.5 Å². The highest BCUT2D eigenvalue weighted by molar-refractivity contribution is 5.73. The predicted octanol–water partition coefficient (Wildman–Crippen LogP) is 1.58. The fourth-order valence-corrected chi connectivity index (χ4v) is 1.98. The lowest BCUT2D eigenvalue weighted by Crippen LogP contribution is -2.42. The van der Waals surface area contributed by atoms with E-state index in [0.717, 1.165) is 19.5 Å². The summed E-state index contributed by atoms with van der Waals surface area (Å²) in [5.41, 5.74) is 0. The Labute approximate surface area is 105 Å². The first-order chi connectivity index (χ1) is 8.28. The molecule has 0 aliphatic carbocycles. The van der Waals surface area contributed by atoms with Gasteiger partial charge >= 0.3 is 12.2 Å². The molecular formula is C11H20F3N3O. The topological polar surface area (TPSA) is 44.4 Å². The molecule has 0 aromatic heterocycles. The average molecular weight is 267 g/mol. The highest BCUT2D eigenvalue weighted by atomic mass is 19.4. The van der Waals surface area contributed by atoms with Gasteiger partial charge in [-0.25, -0.2) is 4.79 Å². The highest BCUT2D eigenvalue weighted by Gasteiger charge is 2.28. The fourth-order valence-electron chi connectivity index (χ4n) is 1.98. The summed E-state index contributed by atoms with van der Waals surface area (Å²) in [5.74, 6) is 0.323. The zero-order valence-electron chi connectivity index (χ0n) is 10.7. The number of halogens is 3. The molecule has 1 unspecified atom stereocenters. The van der Waals surface area contributed by atoms with Gasteiger partial charge in [-0.1, -0.05) is 0 Å². The molecular weight excluding hydrogens is 247 g/mol. The number of likely N-dealkylation sites (tertiary alicyclic amines) is 1. The van der Waals surface area contributed by atoms with Crippen LogP contribution in [0.3, 0.4) is 0 Å². The maximum absolute atomic E-state index is 11.8. The maximum Gasteiger partial charge on any atom is 0.405 e. The Morgan fingerprint density at radius 1 is 1.39 bits per heavy atom. The molecule has 1 aliphatic rings. The van der Waals surface area contributed by atoms with Gasteiger partial charge in [0.1, 0.15) is 6.54 Å². The fraction of sp³-hybridized carbons (Fsp3) is 0.909. The molecule has 0 aromatic carbocycles. The normalized spacial score (nSPS) is 21.3. The Kier molecular flexibility index (Phi) is 5.25. The van der Waals surface area contributed by atoms with Crippen LogP contribution in [-0.4, -0.2) is 49.3 Å². The van der Waals surface area contributed by atoms with E-state index in [1.807, 2.05) is 0 Å². The van der Waals surface area contributed by atoms with Gasteiger partial charge in [-0.15, -0.1) is 0 Å². The third-order valence-corrected chi connectivity index (χ3v) is 3.05. The summed E-state index contributed by atoms with van der Waals surface area (Å²) in [6.45, 7) is 5.21. The molecule has 1 aliphatic heterocycles. The molecule has 1 heterocycles. The molecule has 2 N–H and O–H groups in total. The van der Waals surface area contributed by atoms with Crippen LogP contribution in [0.15, 0.2) is 0 Å². The number of amides is 2. The Balaban J connectivity index is 2.16. The minimum Gasteiger partial charge on any atom is -0.338 e. The molecule has 0 aromatic rings. The molecule has 0 spiro atoms. The largest absolute Gasteiger partial charge is 0.405 e. The van der Waals surface area contributed by atoms with Crippen molar-refractivity contribution in [1.29, 1.82) is 0 Å². The molecule has 0 radical (unpaired) electrons. The molecule has 1 fully saturated rings. The maximum atomic E-state index is 11.8. The van der Waals surface area contributed by atoms with Crippen molar-refractivity contribution in [3.05, 3.63) is 0 Å². The number of urea groups is 1. The van der Waals surface area contributed by atoms with E-state index in [1.54, 1.807) is 5.32 Å². The van der Waals surface area contributed by atoms with Crippen LogP contribution in [-0.2, 0) is 0 Å². The quantitative estimate of drug-likeness (QED) is 0.812. The lowest BCUT2D eigenvalue weighted by molar-refractivity contribution is -0.122. The third-order valence-electron chi connectivity index (χ3n) is 3.05. The van der Waals surface area contributed by atoms with Crippen LogP contribution in [0, 0.1) is 5.92 Å². The molecule has 0 bridgehead atoms. The predicted molar refractivity (Wildman–Crippen MR) is 62.3 cm³/mol. The molecule has 1 rings (SSSR count). The molecule has 2 amide bonds. The van der Waals surface area contributed by atoms with Gasteiger partial charge in [-0.2, -0.15) is 13.2 Å². The van der Waals surface area contributed by atoms with Gasteiger partial charge in [0.2, 0.25) is 0 Å². The van der Waals surface area contributed by atoms with E-state index in [0.29, 0.717) is 18.5 Å².